The molecule has 2 heterocycles. The maximum Gasteiger partial charge on any atom is 0.208 e. The first-order valence-corrected chi connectivity index (χ1v) is 7.32. The van der Waals surface area contributed by atoms with E-state index in [2.05, 4.69) is 14.8 Å². The quantitative estimate of drug-likeness (QED) is 0.854. The van der Waals surface area contributed by atoms with Crippen LogP contribution in [0.25, 0.3) is 11.3 Å². The van der Waals surface area contributed by atoms with Crippen LogP contribution in [-0.2, 0) is 16.6 Å². The summed E-state index contributed by atoms with van der Waals surface area (Å²) in [5.41, 5.74) is 1.83. The van der Waals surface area contributed by atoms with E-state index in [1.807, 2.05) is 24.4 Å². The zero-order valence-electron chi connectivity index (χ0n) is 9.94. The third kappa shape index (κ3) is 3.64. The molecule has 0 aliphatic rings. The van der Waals surface area contributed by atoms with E-state index in [0.717, 1.165) is 17.5 Å². The van der Waals surface area contributed by atoms with E-state index in [0.29, 0.717) is 13.1 Å². The van der Waals surface area contributed by atoms with Crippen LogP contribution in [0.1, 0.15) is 0 Å². The molecular formula is C11H14N4O2S. The molecule has 2 aromatic rings. The predicted molar refractivity (Wildman–Crippen MR) is 68.3 cm³/mol. The third-order valence-electron chi connectivity index (χ3n) is 2.32. The van der Waals surface area contributed by atoms with Gasteiger partial charge in [0.15, 0.2) is 0 Å². The Balaban J connectivity index is 1.99. The van der Waals surface area contributed by atoms with Crippen LogP contribution in [0.5, 0.6) is 0 Å². The summed E-state index contributed by atoms with van der Waals surface area (Å²) in [6.07, 6.45) is 6.37. The van der Waals surface area contributed by atoms with Crippen molar-refractivity contribution in [3.8, 4) is 11.3 Å². The second-order valence-electron chi connectivity index (χ2n) is 3.87. The number of hydrogen-bond acceptors (Lipinski definition) is 4. The van der Waals surface area contributed by atoms with E-state index in [9.17, 15) is 8.42 Å². The highest BCUT2D eigenvalue weighted by molar-refractivity contribution is 7.88. The Labute approximate surface area is 106 Å². The monoisotopic (exact) mass is 266 g/mol. The van der Waals surface area contributed by atoms with Crippen LogP contribution >= 0.6 is 0 Å². The van der Waals surface area contributed by atoms with Crippen LogP contribution in [0.15, 0.2) is 36.8 Å². The minimum Gasteiger partial charge on any atom is -0.271 e. The molecule has 1 N–H and O–H groups in total. The summed E-state index contributed by atoms with van der Waals surface area (Å²) in [6.45, 7) is 0.828. The molecule has 0 saturated heterocycles. The molecule has 96 valence electrons. The largest absolute Gasteiger partial charge is 0.271 e. The Morgan fingerprint density at radius 1 is 1.28 bits per heavy atom. The van der Waals surface area contributed by atoms with Gasteiger partial charge in [0.2, 0.25) is 10.0 Å². The Kier molecular flexibility index (Phi) is 3.73. The summed E-state index contributed by atoms with van der Waals surface area (Å²) in [6, 6.07) is 5.64. The summed E-state index contributed by atoms with van der Waals surface area (Å²) in [4.78, 5) is 3.94. The van der Waals surface area contributed by atoms with Crippen molar-refractivity contribution in [3.05, 3.63) is 36.8 Å². The highest BCUT2D eigenvalue weighted by Gasteiger charge is 2.03. The van der Waals surface area contributed by atoms with Crippen molar-refractivity contribution < 1.29 is 8.42 Å². The number of aromatic nitrogens is 3. The lowest BCUT2D eigenvalue weighted by Crippen LogP contribution is -2.26. The van der Waals surface area contributed by atoms with Gasteiger partial charge in [-0.25, -0.2) is 13.1 Å². The Hall–Kier alpha value is -1.73. The van der Waals surface area contributed by atoms with Gasteiger partial charge in [-0.05, 0) is 18.2 Å². The molecule has 6 nitrogen and oxygen atoms in total. The molecule has 0 aliphatic heterocycles. The van der Waals surface area contributed by atoms with Gasteiger partial charge < -0.3 is 0 Å². The Bertz CT molecular complexity index is 607. The molecule has 0 amide bonds. The highest BCUT2D eigenvalue weighted by atomic mass is 32.2. The van der Waals surface area contributed by atoms with Crippen LogP contribution in [-0.4, -0.2) is 36.0 Å². The molecule has 0 spiro atoms. The van der Waals surface area contributed by atoms with E-state index >= 15 is 0 Å². The Morgan fingerprint density at radius 2 is 2.00 bits per heavy atom. The summed E-state index contributed by atoms with van der Waals surface area (Å²) in [5.74, 6) is 0. The van der Waals surface area contributed by atoms with Gasteiger partial charge in [0, 0.05) is 30.7 Å². The molecule has 0 unspecified atom stereocenters. The number of nitrogens with one attached hydrogen (secondary N) is 1. The van der Waals surface area contributed by atoms with Crippen LogP contribution in [0, 0.1) is 0 Å². The summed E-state index contributed by atoms with van der Waals surface area (Å²) in [7, 11) is -3.14. The number of sulfonamides is 1. The molecule has 18 heavy (non-hydrogen) atoms. The highest BCUT2D eigenvalue weighted by Crippen LogP contribution is 2.14. The van der Waals surface area contributed by atoms with Crippen LogP contribution in [0.2, 0.25) is 0 Å². The van der Waals surface area contributed by atoms with Crippen LogP contribution in [0.4, 0.5) is 0 Å². The zero-order chi connectivity index (χ0) is 13.0. The summed E-state index contributed by atoms with van der Waals surface area (Å²) in [5, 5.41) is 4.35. The summed E-state index contributed by atoms with van der Waals surface area (Å²) < 4.78 is 25.9. The molecule has 0 radical (unpaired) electrons. The van der Waals surface area contributed by atoms with E-state index in [1.54, 1.807) is 17.1 Å². The van der Waals surface area contributed by atoms with Crippen LogP contribution in [0.3, 0.4) is 0 Å². The van der Waals surface area contributed by atoms with Gasteiger partial charge in [0.1, 0.15) is 0 Å². The topological polar surface area (TPSA) is 76.9 Å². The van der Waals surface area contributed by atoms with Crippen molar-refractivity contribution in [3.63, 3.8) is 0 Å². The number of hydrogen-bond donors (Lipinski definition) is 1. The fourth-order valence-corrected chi connectivity index (χ4v) is 1.97. The fraction of sp³-hybridized carbons (Fsp3) is 0.273. The van der Waals surface area contributed by atoms with Gasteiger partial charge in [-0.3, -0.25) is 9.67 Å². The smallest absolute Gasteiger partial charge is 0.208 e. The molecular weight excluding hydrogens is 252 g/mol. The maximum atomic E-state index is 10.9. The van der Waals surface area contributed by atoms with E-state index in [-0.39, 0.29) is 0 Å². The molecule has 0 aliphatic carbocycles. The van der Waals surface area contributed by atoms with Gasteiger partial charge in [0.05, 0.1) is 18.5 Å². The lowest BCUT2D eigenvalue weighted by molar-refractivity contribution is 0.566. The standard InChI is InChI=1S/C11H14N4O2S/c1-18(16,17)13-7-9-15-8-4-11(14-15)10-2-5-12-6-3-10/h2-6,8,13H,7,9H2,1H3. The first kappa shape index (κ1) is 12.7. The lowest BCUT2D eigenvalue weighted by Gasteiger charge is -2.02. The second kappa shape index (κ2) is 5.28. The first-order valence-electron chi connectivity index (χ1n) is 5.43. The molecule has 2 rings (SSSR count). The van der Waals surface area contributed by atoms with Gasteiger partial charge in [-0.15, -0.1) is 0 Å². The maximum absolute atomic E-state index is 10.9. The average molecular weight is 266 g/mol. The van der Waals surface area contributed by atoms with E-state index in [1.165, 1.54) is 0 Å². The number of pyridine rings is 1. The van der Waals surface area contributed by atoms with Crippen molar-refractivity contribution in [1.82, 2.24) is 19.5 Å². The van der Waals surface area contributed by atoms with Crippen LogP contribution < -0.4 is 4.72 Å². The molecule has 2 aromatic heterocycles. The van der Waals surface area contributed by atoms with Gasteiger partial charge in [-0.2, -0.15) is 5.10 Å². The number of nitrogens with zero attached hydrogens (tertiary/aromatic N) is 3. The summed E-state index contributed by atoms with van der Waals surface area (Å²) >= 11 is 0. The first-order chi connectivity index (χ1) is 8.54. The van der Waals surface area contributed by atoms with Crippen molar-refractivity contribution in [1.29, 1.82) is 0 Å². The van der Waals surface area contributed by atoms with Gasteiger partial charge in [-0.1, -0.05) is 0 Å². The fourth-order valence-electron chi connectivity index (χ4n) is 1.51. The predicted octanol–water partition coefficient (Wildman–Crippen LogP) is 0.494. The SMILES string of the molecule is CS(=O)(=O)NCCn1ccc(-c2ccncc2)n1. The molecule has 0 bridgehead atoms. The Morgan fingerprint density at radius 3 is 2.67 bits per heavy atom. The molecule has 0 aromatic carbocycles. The molecule has 0 saturated carbocycles. The lowest BCUT2D eigenvalue weighted by atomic mass is 10.2. The molecule has 0 fully saturated rings. The minimum absolute atomic E-state index is 0.330. The molecule has 0 atom stereocenters. The van der Waals surface area contributed by atoms with Crippen molar-refractivity contribution >= 4 is 10.0 Å². The minimum atomic E-state index is -3.14. The van der Waals surface area contributed by atoms with Crippen molar-refractivity contribution in [2.24, 2.45) is 0 Å². The average Bonchev–Trinajstić information content (AvgIpc) is 2.77. The van der Waals surface area contributed by atoms with Crippen molar-refractivity contribution in [2.75, 3.05) is 12.8 Å². The second-order valence-corrected chi connectivity index (χ2v) is 5.70. The van der Waals surface area contributed by atoms with E-state index in [4.69, 9.17) is 0 Å². The third-order valence-corrected chi connectivity index (χ3v) is 3.05. The molecule has 7 heteroatoms. The van der Waals surface area contributed by atoms with Crippen molar-refractivity contribution in [2.45, 2.75) is 6.54 Å². The van der Waals surface area contributed by atoms with Gasteiger partial charge >= 0.3 is 0 Å². The van der Waals surface area contributed by atoms with E-state index < -0.39 is 10.0 Å². The normalized spacial score (nSPS) is 11.6. The zero-order valence-corrected chi connectivity index (χ0v) is 10.8. The number of rotatable bonds is 5. The van der Waals surface area contributed by atoms with Gasteiger partial charge in [0.25, 0.3) is 0 Å².